The Balaban J connectivity index is 1.65. The predicted octanol–water partition coefficient (Wildman–Crippen LogP) is 1.93. The van der Waals surface area contributed by atoms with E-state index in [2.05, 4.69) is 9.72 Å². The van der Waals surface area contributed by atoms with Gasteiger partial charge >= 0.3 is 12.3 Å². The molecule has 1 amide bonds. The van der Waals surface area contributed by atoms with E-state index in [1.807, 2.05) is 0 Å². The highest BCUT2D eigenvalue weighted by molar-refractivity contribution is 7.93. The van der Waals surface area contributed by atoms with E-state index in [1.165, 1.54) is 47.9 Å². The summed E-state index contributed by atoms with van der Waals surface area (Å²) in [6, 6.07) is 10.2. The zero-order chi connectivity index (χ0) is 25.8. The minimum Gasteiger partial charge on any atom is -0.435 e. The summed E-state index contributed by atoms with van der Waals surface area (Å²) >= 11 is 0. The zero-order valence-electron chi connectivity index (χ0n) is 19.0. The lowest BCUT2D eigenvalue weighted by Gasteiger charge is -2.49. The first-order chi connectivity index (χ1) is 16.2. The van der Waals surface area contributed by atoms with Crippen LogP contribution in [0.25, 0.3) is 11.0 Å². The highest BCUT2D eigenvalue weighted by Crippen LogP contribution is 2.44. The van der Waals surface area contributed by atoms with Crippen LogP contribution < -0.4 is 16.2 Å². The van der Waals surface area contributed by atoms with Crippen molar-refractivity contribution >= 4 is 26.8 Å². The standard InChI is InChI=1S/C23H25F2N3O6S/c1-22(31,10-13-4-3-5-15(8-13)34-20(24)25)11-18-23(2,12-35(18,32)33)28-17-7-6-14(19(26)29)9-16(17)27-21(28)30/h3-9,18,20,31H,10-12H2,1-2H3,(H2,26,29)(H,27,30). The Morgan fingerprint density at radius 3 is 2.69 bits per heavy atom. The number of carbonyl (C=O) groups excluding carboxylic acids is 1. The Morgan fingerprint density at radius 1 is 1.34 bits per heavy atom. The zero-order valence-corrected chi connectivity index (χ0v) is 19.8. The third-order valence-electron chi connectivity index (χ3n) is 6.43. The van der Waals surface area contributed by atoms with Crippen molar-refractivity contribution in [1.82, 2.24) is 9.55 Å². The van der Waals surface area contributed by atoms with E-state index < -0.39 is 44.4 Å². The maximum absolute atomic E-state index is 12.9. The number of nitrogens with one attached hydrogen (secondary N) is 1. The van der Waals surface area contributed by atoms with Crippen LogP contribution in [0.5, 0.6) is 5.75 Å². The van der Waals surface area contributed by atoms with Gasteiger partial charge in [-0.2, -0.15) is 8.78 Å². The molecule has 0 aliphatic carbocycles. The lowest BCUT2D eigenvalue weighted by atomic mass is 9.85. The Bertz CT molecular complexity index is 1460. The third kappa shape index (κ3) is 4.67. The van der Waals surface area contributed by atoms with E-state index in [4.69, 9.17) is 5.73 Å². The number of nitrogens with two attached hydrogens (primary N) is 1. The summed E-state index contributed by atoms with van der Waals surface area (Å²) < 4.78 is 56.5. The normalized spacial score (nSPS) is 23.1. The monoisotopic (exact) mass is 509 g/mol. The second kappa shape index (κ2) is 8.45. The maximum atomic E-state index is 12.9. The molecule has 1 saturated heterocycles. The molecule has 0 saturated carbocycles. The molecule has 3 atom stereocenters. The molecule has 35 heavy (non-hydrogen) atoms. The third-order valence-corrected chi connectivity index (χ3v) is 8.96. The summed E-state index contributed by atoms with van der Waals surface area (Å²) in [6.45, 7) is 0.0850. The number of amides is 1. The number of aromatic amines is 1. The number of carbonyl (C=O) groups is 1. The molecule has 3 aromatic rings. The van der Waals surface area contributed by atoms with Crippen molar-refractivity contribution < 1.29 is 31.8 Å². The number of H-pyrrole nitrogens is 1. The largest absolute Gasteiger partial charge is 0.435 e. The SMILES string of the molecule is CC(O)(Cc1cccc(OC(F)F)c1)CC1C(C)(n2c(=O)[nH]c3cc(C(N)=O)ccc32)CS1(=O)=O. The molecule has 0 spiro atoms. The fourth-order valence-corrected chi connectivity index (χ4v) is 7.58. The summed E-state index contributed by atoms with van der Waals surface area (Å²) in [5.41, 5.74) is 3.44. The molecule has 188 valence electrons. The number of sulfone groups is 1. The Morgan fingerprint density at radius 2 is 2.06 bits per heavy atom. The van der Waals surface area contributed by atoms with Crippen LogP contribution in [0.3, 0.4) is 0 Å². The molecule has 0 bridgehead atoms. The van der Waals surface area contributed by atoms with Crippen LogP contribution >= 0.6 is 0 Å². The lowest BCUT2D eigenvalue weighted by molar-refractivity contribution is -0.0499. The van der Waals surface area contributed by atoms with Crippen molar-refractivity contribution in [2.24, 2.45) is 5.73 Å². The van der Waals surface area contributed by atoms with E-state index >= 15 is 0 Å². The van der Waals surface area contributed by atoms with Crippen LogP contribution in [0.1, 0.15) is 36.2 Å². The minimum absolute atomic E-state index is 0.0275. The van der Waals surface area contributed by atoms with Crippen molar-refractivity contribution in [3.63, 3.8) is 0 Å². The van der Waals surface area contributed by atoms with Crippen molar-refractivity contribution in [2.45, 2.75) is 49.7 Å². The number of aromatic nitrogens is 2. The molecule has 12 heteroatoms. The Labute approximate surface area is 199 Å². The highest BCUT2D eigenvalue weighted by atomic mass is 32.2. The highest BCUT2D eigenvalue weighted by Gasteiger charge is 2.59. The van der Waals surface area contributed by atoms with Gasteiger partial charge in [-0.25, -0.2) is 13.2 Å². The maximum Gasteiger partial charge on any atom is 0.387 e. The van der Waals surface area contributed by atoms with Crippen molar-refractivity contribution in [3.8, 4) is 5.75 Å². The summed E-state index contributed by atoms with van der Waals surface area (Å²) in [4.78, 5) is 27.0. The number of rotatable bonds is 8. The van der Waals surface area contributed by atoms with E-state index in [0.29, 0.717) is 16.6 Å². The number of aliphatic hydroxyl groups is 1. The van der Waals surface area contributed by atoms with Crippen LogP contribution in [0.2, 0.25) is 0 Å². The molecule has 4 N–H and O–H groups in total. The van der Waals surface area contributed by atoms with Gasteiger partial charge in [-0.05, 0) is 56.2 Å². The number of alkyl halides is 2. The van der Waals surface area contributed by atoms with E-state index in [9.17, 15) is 31.9 Å². The molecule has 9 nitrogen and oxygen atoms in total. The first-order valence-electron chi connectivity index (χ1n) is 10.7. The molecule has 1 aliphatic rings. The number of imidazole rings is 1. The fraction of sp³-hybridized carbons (Fsp3) is 0.391. The predicted molar refractivity (Wildman–Crippen MR) is 124 cm³/mol. The summed E-state index contributed by atoms with van der Waals surface area (Å²) in [7, 11) is -3.64. The van der Waals surface area contributed by atoms with E-state index in [-0.39, 0.29) is 29.9 Å². The molecule has 0 radical (unpaired) electrons. The summed E-state index contributed by atoms with van der Waals surface area (Å²) in [5, 5.41) is 10.0. The van der Waals surface area contributed by atoms with Gasteiger partial charge < -0.3 is 20.6 Å². The lowest BCUT2D eigenvalue weighted by Crippen LogP contribution is -2.65. The van der Waals surface area contributed by atoms with Gasteiger partial charge in [0.2, 0.25) is 5.91 Å². The van der Waals surface area contributed by atoms with Gasteiger partial charge in [0.25, 0.3) is 0 Å². The Kier molecular flexibility index (Phi) is 6.00. The van der Waals surface area contributed by atoms with Crippen LogP contribution in [0, 0.1) is 0 Å². The summed E-state index contributed by atoms with van der Waals surface area (Å²) in [6.07, 6.45) is -0.232. The first kappa shape index (κ1) is 24.9. The van der Waals surface area contributed by atoms with Crippen LogP contribution in [-0.2, 0) is 21.8 Å². The van der Waals surface area contributed by atoms with Gasteiger partial charge in [-0.15, -0.1) is 0 Å². The van der Waals surface area contributed by atoms with Crippen LogP contribution in [0.4, 0.5) is 8.78 Å². The van der Waals surface area contributed by atoms with Crippen molar-refractivity contribution in [1.29, 1.82) is 0 Å². The first-order valence-corrected chi connectivity index (χ1v) is 12.5. The van der Waals surface area contributed by atoms with Crippen LogP contribution in [-0.4, -0.2) is 52.2 Å². The second-order valence-electron chi connectivity index (χ2n) is 9.42. The topological polar surface area (TPSA) is 144 Å². The van der Waals surface area contributed by atoms with Crippen molar-refractivity contribution in [2.75, 3.05) is 5.75 Å². The molecule has 1 aliphatic heterocycles. The van der Waals surface area contributed by atoms with Gasteiger partial charge in [0.05, 0.1) is 33.2 Å². The molecular formula is C23H25F2N3O6S. The number of hydrogen-bond donors (Lipinski definition) is 3. The average molecular weight is 510 g/mol. The number of ether oxygens (including phenoxy) is 1. The molecule has 1 fully saturated rings. The number of nitrogens with zero attached hydrogens (tertiary/aromatic N) is 1. The van der Waals surface area contributed by atoms with Gasteiger partial charge in [-0.1, -0.05) is 12.1 Å². The molecule has 2 aromatic carbocycles. The molecule has 2 heterocycles. The smallest absolute Gasteiger partial charge is 0.387 e. The number of halogens is 2. The minimum atomic E-state index is -3.64. The van der Waals surface area contributed by atoms with E-state index in [1.54, 1.807) is 13.0 Å². The fourth-order valence-electron chi connectivity index (χ4n) is 4.96. The Hall–Kier alpha value is -3.25. The average Bonchev–Trinajstić information content (AvgIpc) is 3.06. The molecular weight excluding hydrogens is 484 g/mol. The van der Waals surface area contributed by atoms with Crippen molar-refractivity contribution in [3.05, 3.63) is 64.1 Å². The molecule has 1 aromatic heterocycles. The number of fused-ring (bicyclic) bond motifs is 1. The summed E-state index contributed by atoms with van der Waals surface area (Å²) in [5.74, 6) is -1.06. The van der Waals surface area contributed by atoms with Gasteiger partial charge in [0, 0.05) is 12.0 Å². The molecule has 3 unspecified atom stereocenters. The van der Waals surface area contributed by atoms with Gasteiger partial charge in [0.15, 0.2) is 9.84 Å². The number of primary amides is 1. The van der Waals surface area contributed by atoms with Crippen LogP contribution in [0.15, 0.2) is 47.3 Å². The van der Waals surface area contributed by atoms with Gasteiger partial charge in [-0.3, -0.25) is 9.36 Å². The van der Waals surface area contributed by atoms with E-state index in [0.717, 1.165) is 0 Å². The number of benzene rings is 2. The molecule has 4 rings (SSSR count). The number of hydrogen-bond acceptors (Lipinski definition) is 6. The second-order valence-corrected chi connectivity index (χ2v) is 11.6. The quantitative estimate of drug-likeness (QED) is 0.423. The van der Waals surface area contributed by atoms with Gasteiger partial charge in [0.1, 0.15) is 5.75 Å².